The molecule has 0 unspecified atom stereocenters. The van der Waals surface area contributed by atoms with Crippen LogP contribution in [0.4, 0.5) is 11.4 Å². The Kier molecular flexibility index (Phi) is 6.30. The highest BCUT2D eigenvalue weighted by Crippen LogP contribution is 2.34. The molecule has 4 rings (SSSR count). The summed E-state index contributed by atoms with van der Waals surface area (Å²) in [5.74, 6) is 0.755. The first-order valence-corrected chi connectivity index (χ1v) is 10.3. The van der Waals surface area contributed by atoms with E-state index in [-0.39, 0.29) is 18.4 Å². The number of anilines is 2. The van der Waals surface area contributed by atoms with Crippen molar-refractivity contribution in [3.05, 3.63) is 82.3 Å². The molecule has 0 bridgehead atoms. The standard InChI is InChI=1S/C23H18Cl2N2O4/c24-18-8-6-15(12-19(18)25)23(29)26-16-7-9-20-21(13-16)31-14-22(28)27(20)10-11-30-17-4-2-1-3-5-17/h1-9,12-13H,10-11,14H2,(H,26,29). The monoisotopic (exact) mass is 456 g/mol. The summed E-state index contributed by atoms with van der Waals surface area (Å²) in [6.45, 7) is 0.632. The van der Waals surface area contributed by atoms with E-state index in [1.54, 1.807) is 35.2 Å². The summed E-state index contributed by atoms with van der Waals surface area (Å²) in [6, 6.07) is 19.2. The maximum absolute atomic E-state index is 12.5. The predicted octanol–water partition coefficient (Wildman–Crippen LogP) is 5.05. The highest BCUT2D eigenvalue weighted by Gasteiger charge is 2.26. The molecular formula is C23H18Cl2N2O4. The van der Waals surface area contributed by atoms with Crippen LogP contribution in [-0.4, -0.2) is 31.6 Å². The zero-order chi connectivity index (χ0) is 21.8. The fourth-order valence-corrected chi connectivity index (χ4v) is 3.44. The van der Waals surface area contributed by atoms with Crippen molar-refractivity contribution in [3.63, 3.8) is 0 Å². The smallest absolute Gasteiger partial charge is 0.265 e. The number of nitrogens with zero attached hydrogens (tertiary/aromatic N) is 1. The number of carbonyl (C=O) groups is 2. The lowest BCUT2D eigenvalue weighted by atomic mass is 10.2. The predicted molar refractivity (Wildman–Crippen MR) is 121 cm³/mol. The number of ether oxygens (including phenoxy) is 2. The van der Waals surface area contributed by atoms with Gasteiger partial charge in [0.15, 0.2) is 6.61 Å². The molecule has 8 heteroatoms. The van der Waals surface area contributed by atoms with Gasteiger partial charge in [-0.2, -0.15) is 0 Å². The summed E-state index contributed by atoms with van der Waals surface area (Å²) in [6.07, 6.45) is 0. The number of para-hydroxylation sites is 1. The van der Waals surface area contributed by atoms with E-state index in [0.717, 1.165) is 5.75 Å². The first-order valence-electron chi connectivity index (χ1n) is 9.53. The minimum absolute atomic E-state index is 0.0808. The molecule has 2 amide bonds. The Balaban J connectivity index is 1.45. The summed E-state index contributed by atoms with van der Waals surface area (Å²) in [4.78, 5) is 26.5. The Morgan fingerprint density at radius 2 is 1.84 bits per heavy atom. The summed E-state index contributed by atoms with van der Waals surface area (Å²) >= 11 is 11.9. The molecule has 6 nitrogen and oxygen atoms in total. The third-order valence-corrected chi connectivity index (χ3v) is 5.41. The number of carbonyl (C=O) groups excluding carboxylic acids is 2. The SMILES string of the molecule is O=C(Nc1ccc2c(c1)OCC(=O)N2CCOc1ccccc1)c1ccc(Cl)c(Cl)c1. The number of benzene rings is 3. The van der Waals surface area contributed by atoms with E-state index in [4.69, 9.17) is 32.7 Å². The van der Waals surface area contributed by atoms with Crippen LogP contribution in [0.15, 0.2) is 66.7 Å². The molecule has 0 saturated heterocycles. The Bertz CT molecular complexity index is 1120. The number of fused-ring (bicyclic) bond motifs is 1. The van der Waals surface area contributed by atoms with E-state index < -0.39 is 0 Å². The topological polar surface area (TPSA) is 67.9 Å². The third kappa shape index (κ3) is 4.93. The van der Waals surface area contributed by atoms with Crippen molar-refractivity contribution in [1.29, 1.82) is 0 Å². The molecule has 1 aliphatic rings. The summed E-state index contributed by atoms with van der Waals surface area (Å²) in [7, 11) is 0. The van der Waals surface area contributed by atoms with Crippen molar-refractivity contribution >= 4 is 46.4 Å². The first-order chi connectivity index (χ1) is 15.0. The van der Waals surface area contributed by atoms with Gasteiger partial charge in [-0.25, -0.2) is 0 Å². The van der Waals surface area contributed by atoms with Gasteiger partial charge in [-0.3, -0.25) is 9.59 Å². The van der Waals surface area contributed by atoms with E-state index in [1.807, 2.05) is 30.3 Å². The lowest BCUT2D eigenvalue weighted by Crippen LogP contribution is -2.41. The fourth-order valence-electron chi connectivity index (χ4n) is 3.14. The molecule has 158 valence electrons. The van der Waals surface area contributed by atoms with Gasteiger partial charge in [-0.1, -0.05) is 41.4 Å². The van der Waals surface area contributed by atoms with Crippen molar-refractivity contribution in [2.24, 2.45) is 0 Å². The molecule has 0 spiro atoms. The molecule has 1 heterocycles. The second kappa shape index (κ2) is 9.29. The van der Waals surface area contributed by atoms with Crippen molar-refractivity contribution in [1.82, 2.24) is 0 Å². The van der Waals surface area contributed by atoms with Gasteiger partial charge in [0.05, 0.1) is 22.3 Å². The van der Waals surface area contributed by atoms with Gasteiger partial charge in [0.25, 0.3) is 11.8 Å². The van der Waals surface area contributed by atoms with Crippen LogP contribution in [0.25, 0.3) is 0 Å². The maximum Gasteiger partial charge on any atom is 0.265 e. The van der Waals surface area contributed by atoms with Crippen molar-refractivity contribution in [3.8, 4) is 11.5 Å². The molecule has 0 atom stereocenters. The Hall–Kier alpha value is -3.22. The average molecular weight is 457 g/mol. The van der Waals surface area contributed by atoms with Gasteiger partial charge in [0, 0.05) is 17.3 Å². The van der Waals surface area contributed by atoms with Gasteiger partial charge in [-0.15, -0.1) is 0 Å². The highest BCUT2D eigenvalue weighted by atomic mass is 35.5. The van der Waals surface area contributed by atoms with Crippen molar-refractivity contribution in [2.45, 2.75) is 0 Å². The molecule has 0 fully saturated rings. The fraction of sp³-hybridized carbons (Fsp3) is 0.130. The van der Waals surface area contributed by atoms with Crippen LogP contribution in [0.5, 0.6) is 11.5 Å². The molecule has 1 N–H and O–H groups in total. The minimum Gasteiger partial charge on any atom is -0.492 e. The zero-order valence-electron chi connectivity index (χ0n) is 16.3. The summed E-state index contributed by atoms with van der Waals surface area (Å²) < 4.78 is 11.3. The van der Waals surface area contributed by atoms with Crippen LogP contribution in [0.1, 0.15) is 10.4 Å². The second-order valence-corrected chi connectivity index (χ2v) is 7.58. The molecule has 1 aliphatic heterocycles. The summed E-state index contributed by atoms with van der Waals surface area (Å²) in [5, 5.41) is 3.47. The molecule has 0 radical (unpaired) electrons. The lowest BCUT2D eigenvalue weighted by molar-refractivity contribution is -0.121. The van der Waals surface area contributed by atoms with Crippen LogP contribution < -0.4 is 19.7 Å². The van der Waals surface area contributed by atoms with Gasteiger partial charge in [0.1, 0.15) is 18.1 Å². The van der Waals surface area contributed by atoms with Gasteiger partial charge >= 0.3 is 0 Å². The number of rotatable bonds is 6. The Morgan fingerprint density at radius 3 is 2.61 bits per heavy atom. The number of hydrogen-bond donors (Lipinski definition) is 1. The normalized spacial score (nSPS) is 12.7. The summed E-state index contributed by atoms with van der Waals surface area (Å²) in [5.41, 5.74) is 1.54. The molecule has 31 heavy (non-hydrogen) atoms. The van der Waals surface area contributed by atoms with Crippen molar-refractivity contribution < 1.29 is 19.1 Å². The van der Waals surface area contributed by atoms with Gasteiger partial charge < -0.3 is 19.7 Å². The number of amides is 2. The molecule has 0 aliphatic carbocycles. The van der Waals surface area contributed by atoms with E-state index in [1.165, 1.54) is 6.07 Å². The quantitative estimate of drug-likeness (QED) is 0.563. The highest BCUT2D eigenvalue weighted by molar-refractivity contribution is 6.42. The van der Waals surface area contributed by atoms with E-state index in [0.29, 0.717) is 45.9 Å². The third-order valence-electron chi connectivity index (χ3n) is 4.67. The number of hydrogen-bond acceptors (Lipinski definition) is 4. The Labute approximate surface area is 189 Å². The van der Waals surface area contributed by atoms with Crippen LogP contribution >= 0.6 is 23.2 Å². The van der Waals surface area contributed by atoms with E-state index >= 15 is 0 Å². The van der Waals surface area contributed by atoms with Gasteiger partial charge in [-0.05, 0) is 42.5 Å². The first kappa shape index (κ1) is 21.0. The van der Waals surface area contributed by atoms with Gasteiger partial charge in [0.2, 0.25) is 0 Å². The second-order valence-electron chi connectivity index (χ2n) is 6.76. The Morgan fingerprint density at radius 1 is 1.03 bits per heavy atom. The van der Waals surface area contributed by atoms with Crippen LogP contribution in [-0.2, 0) is 4.79 Å². The van der Waals surface area contributed by atoms with Crippen LogP contribution in [0.3, 0.4) is 0 Å². The van der Waals surface area contributed by atoms with Crippen LogP contribution in [0, 0.1) is 0 Å². The minimum atomic E-state index is -0.335. The molecule has 3 aromatic rings. The lowest BCUT2D eigenvalue weighted by Gasteiger charge is -2.29. The number of halogens is 2. The molecule has 3 aromatic carbocycles. The molecular weight excluding hydrogens is 439 g/mol. The molecule has 0 aromatic heterocycles. The average Bonchev–Trinajstić information content (AvgIpc) is 2.78. The van der Waals surface area contributed by atoms with E-state index in [9.17, 15) is 9.59 Å². The zero-order valence-corrected chi connectivity index (χ0v) is 17.8. The molecule has 0 saturated carbocycles. The van der Waals surface area contributed by atoms with Crippen LogP contribution in [0.2, 0.25) is 10.0 Å². The number of nitrogens with one attached hydrogen (secondary N) is 1. The van der Waals surface area contributed by atoms with E-state index in [2.05, 4.69) is 5.32 Å². The largest absolute Gasteiger partial charge is 0.492 e. The van der Waals surface area contributed by atoms with Crippen molar-refractivity contribution in [2.75, 3.05) is 30.0 Å². The maximum atomic E-state index is 12.5.